The highest BCUT2D eigenvalue weighted by atomic mass is 32.1. The van der Waals surface area contributed by atoms with Gasteiger partial charge >= 0.3 is 0 Å². The number of carbonyl (C=O) groups excluding carboxylic acids is 1. The normalized spacial score (nSPS) is 12.7. The SMILES string of the molecule is CC(C)C(NC(=O)c1ccc2nc[nH]c2c1)c1cccs1. The first-order chi connectivity index (χ1) is 10.1. The number of amides is 1. The maximum absolute atomic E-state index is 12.5. The summed E-state index contributed by atoms with van der Waals surface area (Å²) in [5.41, 5.74) is 2.39. The minimum Gasteiger partial charge on any atom is -0.345 e. The third kappa shape index (κ3) is 2.83. The Balaban J connectivity index is 1.83. The predicted molar refractivity (Wildman–Crippen MR) is 85.5 cm³/mol. The van der Waals surface area contributed by atoms with E-state index in [4.69, 9.17) is 0 Å². The summed E-state index contributed by atoms with van der Waals surface area (Å²) in [6, 6.07) is 9.62. The third-order valence-corrected chi connectivity index (χ3v) is 4.44. The van der Waals surface area contributed by atoms with Crippen molar-refractivity contribution in [2.24, 2.45) is 5.92 Å². The molecule has 3 aromatic rings. The van der Waals surface area contributed by atoms with Crippen molar-refractivity contribution in [1.29, 1.82) is 0 Å². The van der Waals surface area contributed by atoms with E-state index in [-0.39, 0.29) is 11.9 Å². The Morgan fingerprint density at radius 3 is 2.90 bits per heavy atom. The molecule has 1 unspecified atom stereocenters. The van der Waals surface area contributed by atoms with Crippen molar-refractivity contribution in [2.75, 3.05) is 0 Å². The van der Waals surface area contributed by atoms with Gasteiger partial charge in [0.15, 0.2) is 0 Å². The monoisotopic (exact) mass is 299 g/mol. The molecule has 1 amide bonds. The third-order valence-electron chi connectivity index (χ3n) is 3.49. The molecule has 2 aromatic heterocycles. The van der Waals surface area contributed by atoms with Crippen LogP contribution in [0.1, 0.15) is 35.1 Å². The molecule has 4 nitrogen and oxygen atoms in total. The Labute approximate surface area is 127 Å². The maximum atomic E-state index is 12.5. The van der Waals surface area contributed by atoms with Crippen molar-refractivity contribution in [3.8, 4) is 0 Å². The van der Waals surface area contributed by atoms with E-state index < -0.39 is 0 Å². The van der Waals surface area contributed by atoms with E-state index in [1.54, 1.807) is 17.7 Å². The molecular weight excluding hydrogens is 282 g/mol. The number of carbonyl (C=O) groups is 1. The van der Waals surface area contributed by atoms with Crippen LogP contribution in [-0.2, 0) is 0 Å². The van der Waals surface area contributed by atoms with Crippen molar-refractivity contribution >= 4 is 28.3 Å². The molecule has 21 heavy (non-hydrogen) atoms. The van der Waals surface area contributed by atoms with Gasteiger partial charge in [0.2, 0.25) is 0 Å². The zero-order chi connectivity index (χ0) is 14.8. The number of H-pyrrole nitrogens is 1. The summed E-state index contributed by atoms with van der Waals surface area (Å²) in [5.74, 6) is 0.280. The predicted octanol–water partition coefficient (Wildman–Crippen LogP) is 3.75. The largest absolute Gasteiger partial charge is 0.345 e. The van der Waals surface area contributed by atoms with E-state index in [2.05, 4.69) is 35.2 Å². The van der Waals surface area contributed by atoms with Crippen molar-refractivity contribution in [3.63, 3.8) is 0 Å². The molecular formula is C16H17N3OS. The summed E-state index contributed by atoms with van der Waals surface area (Å²) in [4.78, 5) is 20.9. The van der Waals surface area contributed by atoms with Crippen LogP contribution in [0, 0.1) is 5.92 Å². The van der Waals surface area contributed by atoms with Crippen LogP contribution in [0.15, 0.2) is 42.0 Å². The molecule has 1 atom stereocenters. The van der Waals surface area contributed by atoms with Crippen LogP contribution in [0.25, 0.3) is 11.0 Å². The number of aromatic nitrogens is 2. The lowest BCUT2D eigenvalue weighted by atomic mass is 10.0. The van der Waals surface area contributed by atoms with E-state index in [1.807, 2.05) is 29.6 Å². The summed E-state index contributed by atoms with van der Waals surface area (Å²) < 4.78 is 0. The van der Waals surface area contributed by atoms with Crippen molar-refractivity contribution < 1.29 is 4.79 Å². The van der Waals surface area contributed by atoms with Crippen LogP contribution in [0.3, 0.4) is 0 Å². The molecule has 0 saturated heterocycles. The van der Waals surface area contributed by atoms with Crippen LogP contribution >= 0.6 is 11.3 Å². The van der Waals surface area contributed by atoms with E-state index in [9.17, 15) is 4.79 Å². The molecule has 0 aliphatic heterocycles. The number of imidazole rings is 1. The standard InChI is InChI=1S/C16H17N3OS/c1-10(2)15(14-4-3-7-21-14)19-16(20)11-5-6-12-13(8-11)18-9-17-12/h3-10,15H,1-2H3,(H,17,18)(H,19,20). The van der Waals surface area contributed by atoms with E-state index in [0.717, 1.165) is 11.0 Å². The lowest BCUT2D eigenvalue weighted by Gasteiger charge is -2.21. The molecule has 0 spiro atoms. The minimum atomic E-state index is -0.0569. The number of aromatic amines is 1. The summed E-state index contributed by atoms with van der Waals surface area (Å²) in [6.45, 7) is 4.23. The number of nitrogens with one attached hydrogen (secondary N) is 2. The molecule has 0 saturated carbocycles. The van der Waals surface area contributed by atoms with Gasteiger partial charge in [0.1, 0.15) is 0 Å². The van der Waals surface area contributed by atoms with Gasteiger partial charge in [-0.2, -0.15) is 0 Å². The number of fused-ring (bicyclic) bond motifs is 1. The highest BCUT2D eigenvalue weighted by Crippen LogP contribution is 2.26. The molecule has 0 aliphatic rings. The fourth-order valence-electron chi connectivity index (χ4n) is 2.34. The average Bonchev–Trinajstić information content (AvgIpc) is 3.14. The number of nitrogens with zero attached hydrogens (tertiary/aromatic N) is 1. The molecule has 1 aromatic carbocycles. The average molecular weight is 299 g/mol. The van der Waals surface area contributed by atoms with Gasteiger partial charge in [0.25, 0.3) is 5.91 Å². The van der Waals surface area contributed by atoms with Gasteiger partial charge < -0.3 is 10.3 Å². The molecule has 2 heterocycles. The highest BCUT2D eigenvalue weighted by Gasteiger charge is 2.20. The smallest absolute Gasteiger partial charge is 0.251 e. The second-order valence-corrected chi connectivity index (χ2v) is 6.32. The summed E-state index contributed by atoms with van der Waals surface area (Å²) in [7, 11) is 0. The molecule has 0 radical (unpaired) electrons. The topological polar surface area (TPSA) is 57.8 Å². The molecule has 2 N–H and O–H groups in total. The van der Waals surface area contributed by atoms with Crippen LogP contribution < -0.4 is 5.32 Å². The molecule has 108 valence electrons. The molecule has 5 heteroatoms. The molecule has 0 bridgehead atoms. The van der Waals surface area contributed by atoms with Gasteiger partial charge in [-0.15, -0.1) is 11.3 Å². The molecule has 3 rings (SSSR count). The van der Waals surface area contributed by atoms with Gasteiger partial charge in [-0.3, -0.25) is 4.79 Å². The Morgan fingerprint density at radius 2 is 2.19 bits per heavy atom. The van der Waals surface area contributed by atoms with Crippen LogP contribution in [0.4, 0.5) is 0 Å². The first-order valence-electron chi connectivity index (χ1n) is 6.92. The summed E-state index contributed by atoms with van der Waals surface area (Å²) >= 11 is 1.67. The second kappa shape index (κ2) is 5.69. The van der Waals surface area contributed by atoms with Gasteiger partial charge in [0, 0.05) is 10.4 Å². The van der Waals surface area contributed by atoms with Gasteiger partial charge in [-0.05, 0) is 35.6 Å². The number of hydrogen-bond acceptors (Lipinski definition) is 3. The lowest BCUT2D eigenvalue weighted by molar-refractivity contribution is 0.0926. The minimum absolute atomic E-state index is 0.0370. The number of hydrogen-bond donors (Lipinski definition) is 2. The fourth-order valence-corrected chi connectivity index (χ4v) is 3.29. The maximum Gasteiger partial charge on any atom is 0.251 e. The first-order valence-corrected chi connectivity index (χ1v) is 7.80. The lowest BCUT2D eigenvalue weighted by Crippen LogP contribution is -2.31. The van der Waals surface area contributed by atoms with Crippen molar-refractivity contribution in [2.45, 2.75) is 19.9 Å². The van der Waals surface area contributed by atoms with E-state index in [1.165, 1.54) is 4.88 Å². The van der Waals surface area contributed by atoms with Crippen molar-refractivity contribution in [1.82, 2.24) is 15.3 Å². The number of rotatable bonds is 4. The Hall–Kier alpha value is -2.14. The summed E-state index contributed by atoms with van der Waals surface area (Å²) in [5, 5.41) is 5.16. The van der Waals surface area contributed by atoms with Crippen molar-refractivity contribution in [3.05, 3.63) is 52.5 Å². The van der Waals surface area contributed by atoms with Gasteiger partial charge in [-0.1, -0.05) is 19.9 Å². The number of thiophene rings is 1. The van der Waals surface area contributed by atoms with Crippen LogP contribution in [0.5, 0.6) is 0 Å². The fraction of sp³-hybridized carbons (Fsp3) is 0.250. The Bertz CT molecular complexity index is 746. The van der Waals surface area contributed by atoms with Gasteiger partial charge in [0.05, 0.1) is 23.4 Å². The molecule has 0 fully saturated rings. The Kier molecular flexibility index (Phi) is 3.75. The zero-order valence-corrected chi connectivity index (χ0v) is 12.8. The second-order valence-electron chi connectivity index (χ2n) is 5.35. The zero-order valence-electron chi connectivity index (χ0n) is 12.0. The van der Waals surface area contributed by atoms with E-state index in [0.29, 0.717) is 11.5 Å². The Morgan fingerprint density at radius 1 is 1.33 bits per heavy atom. The van der Waals surface area contributed by atoms with Crippen LogP contribution in [-0.4, -0.2) is 15.9 Å². The number of benzene rings is 1. The molecule has 0 aliphatic carbocycles. The summed E-state index contributed by atoms with van der Waals surface area (Å²) in [6.07, 6.45) is 1.63. The van der Waals surface area contributed by atoms with Gasteiger partial charge in [-0.25, -0.2) is 4.98 Å². The van der Waals surface area contributed by atoms with E-state index >= 15 is 0 Å². The quantitative estimate of drug-likeness (QED) is 0.771. The first kappa shape index (κ1) is 13.8. The van der Waals surface area contributed by atoms with Crippen LogP contribution in [0.2, 0.25) is 0 Å². The highest BCUT2D eigenvalue weighted by molar-refractivity contribution is 7.10.